The Morgan fingerprint density at radius 3 is 2.52 bits per heavy atom. The molecule has 1 saturated heterocycles. The van der Waals surface area contributed by atoms with Crippen LogP contribution >= 0.6 is 24.0 Å². The molecule has 4 nitrogen and oxygen atoms in total. The normalized spacial score (nSPS) is 15.8. The van der Waals surface area contributed by atoms with E-state index < -0.39 is 0 Å². The number of ether oxygens (including phenoxy) is 1. The molecule has 0 bridgehead atoms. The zero-order chi connectivity index (χ0) is 18.0. The van der Waals surface area contributed by atoms with E-state index in [0.717, 1.165) is 11.3 Å². The predicted octanol–water partition coefficient (Wildman–Crippen LogP) is 4.17. The molecule has 2 aromatic carbocycles. The first-order chi connectivity index (χ1) is 12.0. The molecule has 25 heavy (non-hydrogen) atoms. The molecular formula is C19H18N2O2S2. The van der Waals surface area contributed by atoms with Crippen molar-refractivity contribution in [2.75, 3.05) is 31.0 Å². The van der Waals surface area contributed by atoms with E-state index in [0.29, 0.717) is 20.7 Å². The molecule has 0 saturated carbocycles. The summed E-state index contributed by atoms with van der Waals surface area (Å²) in [6.07, 6.45) is 1.87. The standard InChI is InChI=1S/C19H18N2O2S2/c1-20(2)14-9-7-13(8-10-14)11-17-18(22)21(19(24)25-17)15-5-4-6-16(12-15)23-3/h4-12H,1-3H3/b17-11+. The molecule has 0 spiro atoms. The largest absolute Gasteiger partial charge is 0.497 e. The van der Waals surface area contributed by atoms with Crippen LogP contribution in [0.2, 0.25) is 0 Å². The van der Waals surface area contributed by atoms with Gasteiger partial charge in [0.1, 0.15) is 5.75 Å². The number of thiocarbonyl (C=S) groups is 1. The van der Waals surface area contributed by atoms with Crippen molar-refractivity contribution in [1.82, 2.24) is 0 Å². The average molecular weight is 370 g/mol. The van der Waals surface area contributed by atoms with E-state index in [4.69, 9.17) is 17.0 Å². The van der Waals surface area contributed by atoms with Gasteiger partial charge in [0.2, 0.25) is 0 Å². The van der Waals surface area contributed by atoms with E-state index in [2.05, 4.69) is 0 Å². The number of anilines is 2. The highest BCUT2D eigenvalue weighted by atomic mass is 32.2. The third-order valence-corrected chi connectivity index (χ3v) is 5.11. The molecule has 0 radical (unpaired) electrons. The van der Waals surface area contributed by atoms with Gasteiger partial charge in [0, 0.05) is 25.8 Å². The molecular weight excluding hydrogens is 352 g/mol. The fourth-order valence-electron chi connectivity index (χ4n) is 2.46. The summed E-state index contributed by atoms with van der Waals surface area (Å²) >= 11 is 6.72. The van der Waals surface area contributed by atoms with Crippen LogP contribution in [0.3, 0.4) is 0 Å². The maximum Gasteiger partial charge on any atom is 0.270 e. The first-order valence-electron chi connectivity index (χ1n) is 7.69. The van der Waals surface area contributed by atoms with Crippen LogP contribution in [0.15, 0.2) is 53.4 Å². The number of amides is 1. The van der Waals surface area contributed by atoms with Crippen molar-refractivity contribution in [3.05, 3.63) is 59.0 Å². The van der Waals surface area contributed by atoms with Crippen molar-refractivity contribution in [1.29, 1.82) is 0 Å². The first kappa shape index (κ1) is 17.5. The van der Waals surface area contributed by atoms with Crippen LogP contribution in [-0.2, 0) is 4.79 Å². The van der Waals surface area contributed by atoms with Crippen molar-refractivity contribution in [2.45, 2.75) is 0 Å². The van der Waals surface area contributed by atoms with E-state index in [1.54, 1.807) is 18.1 Å². The van der Waals surface area contributed by atoms with E-state index in [9.17, 15) is 4.79 Å². The van der Waals surface area contributed by atoms with Gasteiger partial charge in [-0.05, 0) is 35.9 Å². The van der Waals surface area contributed by atoms with Crippen LogP contribution < -0.4 is 14.5 Å². The molecule has 0 atom stereocenters. The van der Waals surface area contributed by atoms with Crippen LogP contribution in [0, 0.1) is 0 Å². The topological polar surface area (TPSA) is 32.8 Å². The third kappa shape index (κ3) is 3.70. The van der Waals surface area contributed by atoms with Gasteiger partial charge in [0.05, 0.1) is 17.7 Å². The number of nitrogens with zero attached hydrogens (tertiary/aromatic N) is 2. The third-order valence-electron chi connectivity index (χ3n) is 3.81. The fraction of sp³-hybridized carbons (Fsp3) is 0.158. The molecule has 1 aliphatic heterocycles. The monoisotopic (exact) mass is 370 g/mol. The zero-order valence-electron chi connectivity index (χ0n) is 14.2. The quantitative estimate of drug-likeness (QED) is 0.596. The molecule has 3 rings (SSSR count). The van der Waals surface area contributed by atoms with E-state index in [1.165, 1.54) is 11.8 Å². The van der Waals surface area contributed by atoms with Gasteiger partial charge in [-0.15, -0.1) is 0 Å². The Kier molecular flexibility index (Phi) is 5.11. The SMILES string of the molecule is COc1cccc(N2C(=O)/C(=C\c3ccc(N(C)C)cc3)SC2=S)c1. The van der Waals surface area contributed by atoms with Gasteiger partial charge in [-0.1, -0.05) is 42.2 Å². The lowest BCUT2D eigenvalue weighted by Crippen LogP contribution is -2.27. The molecule has 1 amide bonds. The molecule has 0 aliphatic carbocycles. The minimum absolute atomic E-state index is 0.111. The maximum atomic E-state index is 12.8. The van der Waals surface area contributed by atoms with Crippen molar-refractivity contribution < 1.29 is 9.53 Å². The van der Waals surface area contributed by atoms with E-state index in [-0.39, 0.29) is 5.91 Å². The number of rotatable bonds is 4. The first-order valence-corrected chi connectivity index (χ1v) is 8.91. The number of thioether (sulfide) groups is 1. The Hall–Kier alpha value is -2.31. The van der Waals surface area contributed by atoms with Gasteiger partial charge in [-0.2, -0.15) is 0 Å². The Morgan fingerprint density at radius 1 is 1.16 bits per heavy atom. The highest BCUT2D eigenvalue weighted by Crippen LogP contribution is 2.37. The maximum absolute atomic E-state index is 12.8. The van der Waals surface area contributed by atoms with Crippen molar-refractivity contribution in [3.8, 4) is 5.75 Å². The Labute approximate surface area is 157 Å². The number of hydrogen-bond donors (Lipinski definition) is 0. The lowest BCUT2D eigenvalue weighted by molar-refractivity contribution is -0.113. The van der Waals surface area contributed by atoms with E-state index in [1.807, 2.05) is 67.5 Å². The Bertz CT molecular complexity index is 845. The second-order valence-electron chi connectivity index (χ2n) is 5.70. The van der Waals surface area contributed by atoms with Crippen LogP contribution in [0.5, 0.6) is 5.75 Å². The number of methoxy groups -OCH3 is 1. The van der Waals surface area contributed by atoms with Gasteiger partial charge in [0.25, 0.3) is 5.91 Å². The highest BCUT2D eigenvalue weighted by molar-refractivity contribution is 8.27. The van der Waals surface area contributed by atoms with Gasteiger partial charge < -0.3 is 9.64 Å². The van der Waals surface area contributed by atoms with Crippen molar-refractivity contribution in [3.63, 3.8) is 0 Å². The lowest BCUT2D eigenvalue weighted by Gasteiger charge is -2.15. The second kappa shape index (κ2) is 7.29. The summed E-state index contributed by atoms with van der Waals surface area (Å²) in [4.78, 5) is 17.0. The molecule has 6 heteroatoms. The number of benzene rings is 2. The molecule has 2 aromatic rings. The number of carbonyl (C=O) groups is 1. The minimum atomic E-state index is -0.111. The smallest absolute Gasteiger partial charge is 0.270 e. The predicted molar refractivity (Wildman–Crippen MR) is 109 cm³/mol. The highest BCUT2D eigenvalue weighted by Gasteiger charge is 2.33. The Balaban J connectivity index is 1.87. The summed E-state index contributed by atoms with van der Waals surface area (Å²) in [6.45, 7) is 0. The molecule has 1 heterocycles. The molecule has 0 N–H and O–H groups in total. The molecule has 128 valence electrons. The van der Waals surface area contributed by atoms with Crippen LogP contribution in [0.4, 0.5) is 11.4 Å². The summed E-state index contributed by atoms with van der Waals surface area (Å²) in [6, 6.07) is 15.4. The molecule has 1 aliphatic rings. The van der Waals surface area contributed by atoms with Crippen LogP contribution in [0.1, 0.15) is 5.56 Å². The summed E-state index contributed by atoms with van der Waals surface area (Å²) in [7, 11) is 5.59. The molecule has 0 aromatic heterocycles. The molecule has 1 fully saturated rings. The zero-order valence-corrected chi connectivity index (χ0v) is 15.9. The van der Waals surface area contributed by atoms with Gasteiger partial charge >= 0.3 is 0 Å². The summed E-state index contributed by atoms with van der Waals surface area (Å²) in [5.41, 5.74) is 2.80. The Morgan fingerprint density at radius 2 is 1.88 bits per heavy atom. The van der Waals surface area contributed by atoms with E-state index >= 15 is 0 Å². The van der Waals surface area contributed by atoms with Gasteiger partial charge in [0.15, 0.2) is 4.32 Å². The lowest BCUT2D eigenvalue weighted by atomic mass is 10.2. The van der Waals surface area contributed by atoms with Gasteiger partial charge in [-0.3, -0.25) is 9.69 Å². The van der Waals surface area contributed by atoms with Crippen molar-refractivity contribution >= 4 is 51.7 Å². The molecule has 0 unspecified atom stereocenters. The van der Waals surface area contributed by atoms with Crippen LogP contribution in [0.25, 0.3) is 6.08 Å². The second-order valence-corrected chi connectivity index (χ2v) is 7.38. The number of carbonyl (C=O) groups excluding carboxylic acids is 1. The van der Waals surface area contributed by atoms with Crippen LogP contribution in [-0.4, -0.2) is 31.4 Å². The summed E-state index contributed by atoms with van der Waals surface area (Å²) in [5, 5.41) is 0. The average Bonchev–Trinajstić information content (AvgIpc) is 2.89. The van der Waals surface area contributed by atoms with Crippen molar-refractivity contribution in [2.24, 2.45) is 0 Å². The minimum Gasteiger partial charge on any atom is -0.497 e. The number of hydrogen-bond acceptors (Lipinski definition) is 5. The van der Waals surface area contributed by atoms with Gasteiger partial charge in [-0.25, -0.2) is 0 Å². The summed E-state index contributed by atoms with van der Waals surface area (Å²) in [5.74, 6) is 0.578. The summed E-state index contributed by atoms with van der Waals surface area (Å²) < 4.78 is 5.75. The fourth-order valence-corrected chi connectivity index (χ4v) is 3.76.